The Morgan fingerprint density at radius 1 is 1.31 bits per heavy atom. The zero-order chi connectivity index (χ0) is 12.3. The Morgan fingerprint density at radius 3 is 2.19 bits per heavy atom. The van der Waals surface area contributed by atoms with Gasteiger partial charge in [0.2, 0.25) is 0 Å². The van der Waals surface area contributed by atoms with Crippen molar-refractivity contribution in [2.24, 2.45) is 0 Å². The molecule has 0 saturated carbocycles. The minimum Gasteiger partial charge on any atom is -0.293 e. The Labute approximate surface area is 106 Å². The largest absolute Gasteiger partial charge is 0.293 e. The smallest absolute Gasteiger partial charge is 0.178 e. The Balaban J connectivity index is 2.91. The van der Waals surface area contributed by atoms with Gasteiger partial charge in [-0.05, 0) is 31.7 Å². The van der Waals surface area contributed by atoms with Gasteiger partial charge in [0.25, 0.3) is 0 Å². The molecule has 1 aromatic rings. The maximum atomic E-state index is 12.0. The summed E-state index contributed by atoms with van der Waals surface area (Å²) in [6.45, 7) is 8.12. The van der Waals surface area contributed by atoms with Crippen molar-refractivity contribution in [1.82, 2.24) is 0 Å². The predicted molar refractivity (Wildman–Crippen MR) is 72.5 cm³/mol. The number of carbonyl (C=O) groups excluding carboxylic acids is 1. The molecule has 1 atom stereocenters. The number of hydrogen-bond acceptors (Lipinski definition) is 1. The van der Waals surface area contributed by atoms with Crippen LogP contribution in [0.2, 0.25) is 0 Å². The lowest BCUT2D eigenvalue weighted by Crippen LogP contribution is -2.23. The van der Waals surface area contributed by atoms with E-state index in [1.54, 1.807) is 0 Å². The molecule has 0 aliphatic heterocycles. The average molecular weight is 283 g/mol. The molecule has 0 aliphatic carbocycles. The van der Waals surface area contributed by atoms with Crippen LogP contribution in [0.5, 0.6) is 0 Å². The number of benzene rings is 1. The summed E-state index contributed by atoms with van der Waals surface area (Å²) >= 11 is 3.39. The van der Waals surface area contributed by atoms with Crippen LogP contribution < -0.4 is 0 Å². The number of alkyl halides is 1. The quantitative estimate of drug-likeness (QED) is 0.585. The highest BCUT2D eigenvalue weighted by Crippen LogP contribution is 2.24. The lowest BCUT2D eigenvalue weighted by atomic mass is 9.95. The van der Waals surface area contributed by atoms with Gasteiger partial charge in [0.15, 0.2) is 5.78 Å². The summed E-state index contributed by atoms with van der Waals surface area (Å²) in [5.41, 5.74) is 2.07. The van der Waals surface area contributed by atoms with Crippen molar-refractivity contribution in [2.75, 3.05) is 0 Å². The lowest BCUT2D eigenvalue weighted by molar-refractivity contribution is 0.0961. The first-order chi connectivity index (χ1) is 7.36. The summed E-state index contributed by atoms with van der Waals surface area (Å²) in [5.74, 6) is 0.685. The van der Waals surface area contributed by atoms with Crippen molar-refractivity contribution in [3.63, 3.8) is 0 Å². The van der Waals surface area contributed by atoms with Gasteiger partial charge >= 0.3 is 0 Å². The van der Waals surface area contributed by atoms with Crippen LogP contribution in [-0.4, -0.2) is 10.1 Å². The molecule has 2 heteroatoms. The van der Waals surface area contributed by atoms with Gasteiger partial charge in [-0.3, -0.25) is 4.79 Å². The van der Waals surface area contributed by atoms with Crippen LogP contribution in [0.1, 0.15) is 56.0 Å². The van der Waals surface area contributed by atoms with Crippen LogP contribution in [0.15, 0.2) is 24.3 Å². The topological polar surface area (TPSA) is 17.1 Å². The minimum atomic E-state index is -0.481. The number of hydrogen-bond donors (Lipinski definition) is 0. The maximum absolute atomic E-state index is 12.0. The van der Waals surface area contributed by atoms with Crippen LogP contribution in [0, 0.1) is 0 Å². The highest BCUT2D eigenvalue weighted by molar-refractivity contribution is 9.10. The summed E-state index contributed by atoms with van der Waals surface area (Å²) in [6, 6.07) is 7.96. The van der Waals surface area contributed by atoms with Gasteiger partial charge in [0.1, 0.15) is 0 Å². The molecule has 0 heterocycles. The molecule has 0 radical (unpaired) electrons. The standard InChI is InChI=1S/C14H19BrO/c1-5-10(2)11-6-8-12(9-7-11)13(16)14(3,4)15/h6-10H,5H2,1-4H3. The summed E-state index contributed by atoms with van der Waals surface area (Å²) in [6.07, 6.45) is 1.12. The fraction of sp³-hybridized carbons (Fsp3) is 0.500. The van der Waals surface area contributed by atoms with Crippen LogP contribution in [-0.2, 0) is 0 Å². The zero-order valence-electron chi connectivity index (χ0n) is 10.4. The number of carbonyl (C=O) groups is 1. The third kappa shape index (κ3) is 3.18. The molecule has 16 heavy (non-hydrogen) atoms. The summed E-state index contributed by atoms with van der Waals surface area (Å²) in [5, 5.41) is 0. The molecular formula is C14H19BrO. The fourth-order valence-electron chi connectivity index (χ4n) is 1.54. The van der Waals surface area contributed by atoms with Gasteiger partial charge in [0.05, 0.1) is 4.32 Å². The fourth-order valence-corrected chi connectivity index (χ4v) is 1.77. The van der Waals surface area contributed by atoms with E-state index in [1.807, 2.05) is 26.0 Å². The molecule has 0 spiro atoms. The van der Waals surface area contributed by atoms with Crippen LogP contribution in [0.25, 0.3) is 0 Å². The maximum Gasteiger partial charge on any atom is 0.178 e. The van der Waals surface area contributed by atoms with E-state index >= 15 is 0 Å². The number of halogens is 1. The molecule has 0 fully saturated rings. The Kier molecular flexibility index (Phi) is 4.31. The molecule has 1 unspecified atom stereocenters. The molecule has 0 bridgehead atoms. The van der Waals surface area contributed by atoms with Crippen LogP contribution in [0.4, 0.5) is 0 Å². The molecular weight excluding hydrogens is 264 g/mol. The lowest BCUT2D eigenvalue weighted by Gasteiger charge is -2.15. The molecule has 0 saturated heterocycles. The molecule has 0 aliphatic rings. The minimum absolute atomic E-state index is 0.128. The average Bonchev–Trinajstić information content (AvgIpc) is 2.26. The van der Waals surface area contributed by atoms with Crippen molar-refractivity contribution in [3.8, 4) is 0 Å². The molecule has 88 valence electrons. The SMILES string of the molecule is CCC(C)c1ccc(C(=O)C(C)(C)Br)cc1. The summed E-state index contributed by atoms with van der Waals surface area (Å²) in [7, 11) is 0. The second-order valence-electron chi connectivity index (χ2n) is 4.73. The van der Waals surface area contributed by atoms with Gasteiger partial charge in [-0.25, -0.2) is 0 Å². The van der Waals surface area contributed by atoms with Crippen molar-refractivity contribution >= 4 is 21.7 Å². The number of rotatable bonds is 4. The van der Waals surface area contributed by atoms with Gasteiger partial charge in [-0.2, -0.15) is 0 Å². The highest BCUT2D eigenvalue weighted by atomic mass is 79.9. The number of Topliss-reactive ketones (excluding diaryl/α,β-unsaturated/α-hetero) is 1. The summed E-state index contributed by atoms with van der Waals surface area (Å²) < 4.78 is -0.481. The van der Waals surface area contributed by atoms with Crippen molar-refractivity contribution in [2.45, 2.75) is 44.4 Å². The molecule has 1 nitrogen and oxygen atoms in total. The normalized spacial score (nSPS) is 13.6. The third-order valence-corrected chi connectivity index (χ3v) is 3.25. The van der Waals surface area contributed by atoms with Gasteiger partial charge in [0, 0.05) is 5.56 Å². The molecule has 0 amide bonds. The predicted octanol–water partition coefficient (Wildman–Crippen LogP) is 4.56. The van der Waals surface area contributed by atoms with E-state index in [-0.39, 0.29) is 5.78 Å². The number of ketones is 1. The Bertz CT molecular complexity index is 359. The first-order valence-electron chi connectivity index (χ1n) is 5.70. The molecule has 0 aromatic heterocycles. The van der Waals surface area contributed by atoms with Crippen LogP contribution in [0.3, 0.4) is 0 Å². The Morgan fingerprint density at radius 2 is 1.81 bits per heavy atom. The third-order valence-electron chi connectivity index (χ3n) is 2.89. The zero-order valence-corrected chi connectivity index (χ0v) is 12.0. The van der Waals surface area contributed by atoms with E-state index in [0.717, 1.165) is 12.0 Å². The highest BCUT2D eigenvalue weighted by Gasteiger charge is 2.24. The first kappa shape index (κ1) is 13.4. The van der Waals surface area contributed by atoms with Crippen molar-refractivity contribution in [1.29, 1.82) is 0 Å². The van der Waals surface area contributed by atoms with Crippen molar-refractivity contribution in [3.05, 3.63) is 35.4 Å². The molecule has 1 aromatic carbocycles. The van der Waals surface area contributed by atoms with E-state index in [9.17, 15) is 4.79 Å². The van der Waals surface area contributed by atoms with Gasteiger partial charge in [-0.15, -0.1) is 0 Å². The molecule has 1 rings (SSSR count). The van der Waals surface area contributed by atoms with Gasteiger partial charge in [-0.1, -0.05) is 54.0 Å². The van der Waals surface area contributed by atoms with E-state index < -0.39 is 4.32 Å². The Hall–Kier alpha value is -0.630. The van der Waals surface area contributed by atoms with Gasteiger partial charge < -0.3 is 0 Å². The van der Waals surface area contributed by atoms with E-state index in [2.05, 4.69) is 41.9 Å². The second kappa shape index (κ2) is 5.13. The second-order valence-corrected chi connectivity index (χ2v) is 6.72. The van der Waals surface area contributed by atoms with Crippen LogP contribution >= 0.6 is 15.9 Å². The van der Waals surface area contributed by atoms with E-state index in [0.29, 0.717) is 5.92 Å². The molecule has 0 N–H and O–H groups in total. The summed E-state index contributed by atoms with van der Waals surface area (Å²) in [4.78, 5) is 12.0. The van der Waals surface area contributed by atoms with E-state index in [1.165, 1.54) is 5.56 Å². The monoisotopic (exact) mass is 282 g/mol. The first-order valence-corrected chi connectivity index (χ1v) is 6.49. The van der Waals surface area contributed by atoms with E-state index in [4.69, 9.17) is 0 Å². The van der Waals surface area contributed by atoms with Crippen molar-refractivity contribution < 1.29 is 4.79 Å².